The zero-order valence-corrected chi connectivity index (χ0v) is 22.6. The maximum Gasteiger partial charge on any atom is 0.339 e. The summed E-state index contributed by atoms with van der Waals surface area (Å²) in [5, 5.41) is 0. The Morgan fingerprint density at radius 2 is 1.03 bits per heavy atom. The Morgan fingerprint density at radius 1 is 0.583 bits per heavy atom. The molecule has 0 unspecified atom stereocenters. The molecule has 0 aromatic heterocycles. The number of aryl methyl sites for hydroxylation is 1. The summed E-state index contributed by atoms with van der Waals surface area (Å²) >= 11 is 0. The van der Waals surface area contributed by atoms with E-state index in [9.17, 15) is 9.59 Å². The van der Waals surface area contributed by atoms with E-state index in [0.717, 1.165) is 24.0 Å². The van der Waals surface area contributed by atoms with Crippen molar-refractivity contribution in [3.63, 3.8) is 0 Å². The van der Waals surface area contributed by atoms with E-state index >= 15 is 0 Å². The molecule has 0 bridgehead atoms. The molecule has 0 spiro atoms. The van der Waals surface area contributed by atoms with Crippen molar-refractivity contribution < 1.29 is 19.1 Å². The molecule has 2 aromatic carbocycles. The SMILES string of the molecule is CCCCCCCCCCCCCCCCOC(=O)c1ccccc1C(=O)OCc1ccccc1C. The van der Waals surface area contributed by atoms with Crippen molar-refractivity contribution in [2.45, 2.75) is 110 Å². The van der Waals surface area contributed by atoms with Gasteiger partial charge in [-0.25, -0.2) is 9.59 Å². The molecule has 0 heterocycles. The molecule has 0 N–H and O–H groups in total. The maximum absolute atomic E-state index is 12.6. The number of benzene rings is 2. The molecule has 36 heavy (non-hydrogen) atoms. The summed E-state index contributed by atoms with van der Waals surface area (Å²) in [4.78, 5) is 25.2. The van der Waals surface area contributed by atoms with Crippen LogP contribution in [0.5, 0.6) is 0 Å². The molecular formula is C32H46O4. The lowest BCUT2D eigenvalue weighted by molar-refractivity contribution is 0.0436. The summed E-state index contributed by atoms with van der Waals surface area (Å²) < 4.78 is 10.9. The van der Waals surface area contributed by atoms with Gasteiger partial charge in [0.1, 0.15) is 6.61 Å². The number of rotatable bonds is 19. The van der Waals surface area contributed by atoms with Gasteiger partial charge in [0.15, 0.2) is 0 Å². The van der Waals surface area contributed by atoms with Crippen molar-refractivity contribution in [2.24, 2.45) is 0 Å². The molecule has 0 saturated carbocycles. The van der Waals surface area contributed by atoms with Crippen molar-refractivity contribution in [3.8, 4) is 0 Å². The summed E-state index contributed by atoms with van der Waals surface area (Å²) in [5.74, 6) is -0.976. The summed E-state index contributed by atoms with van der Waals surface area (Å²) in [5.41, 5.74) is 2.52. The van der Waals surface area contributed by atoms with Crippen molar-refractivity contribution in [2.75, 3.05) is 6.61 Å². The van der Waals surface area contributed by atoms with Gasteiger partial charge in [-0.05, 0) is 36.6 Å². The van der Waals surface area contributed by atoms with Crippen LogP contribution in [0, 0.1) is 6.92 Å². The number of hydrogen-bond acceptors (Lipinski definition) is 4. The molecule has 0 radical (unpaired) electrons. The molecule has 198 valence electrons. The number of carbonyl (C=O) groups is 2. The first-order valence-corrected chi connectivity index (χ1v) is 14.1. The van der Waals surface area contributed by atoms with E-state index in [-0.39, 0.29) is 17.7 Å². The average molecular weight is 495 g/mol. The lowest BCUT2D eigenvalue weighted by Gasteiger charge is -2.11. The van der Waals surface area contributed by atoms with Gasteiger partial charge in [-0.15, -0.1) is 0 Å². The van der Waals surface area contributed by atoms with E-state index in [1.165, 1.54) is 77.0 Å². The van der Waals surface area contributed by atoms with Crippen LogP contribution in [-0.4, -0.2) is 18.5 Å². The van der Waals surface area contributed by atoms with Crippen LogP contribution in [0.4, 0.5) is 0 Å². The Balaban J connectivity index is 1.57. The number of unbranched alkanes of at least 4 members (excludes halogenated alkanes) is 13. The zero-order chi connectivity index (χ0) is 25.8. The predicted molar refractivity (Wildman–Crippen MR) is 147 cm³/mol. The number of ether oxygens (including phenoxy) is 2. The Labute approximate surface area is 218 Å². The molecule has 4 nitrogen and oxygen atoms in total. The van der Waals surface area contributed by atoms with Gasteiger partial charge in [-0.1, -0.05) is 127 Å². The van der Waals surface area contributed by atoms with Crippen LogP contribution in [0.15, 0.2) is 48.5 Å². The maximum atomic E-state index is 12.6. The molecule has 0 aliphatic heterocycles. The Hall–Kier alpha value is -2.62. The third kappa shape index (κ3) is 11.9. The van der Waals surface area contributed by atoms with Crippen LogP contribution < -0.4 is 0 Å². The minimum atomic E-state index is -0.512. The van der Waals surface area contributed by atoms with Crippen LogP contribution >= 0.6 is 0 Å². The van der Waals surface area contributed by atoms with Gasteiger partial charge in [0.05, 0.1) is 17.7 Å². The summed E-state index contributed by atoms with van der Waals surface area (Å²) in [7, 11) is 0. The van der Waals surface area contributed by atoms with E-state index in [2.05, 4.69) is 6.92 Å². The monoisotopic (exact) mass is 494 g/mol. The normalized spacial score (nSPS) is 10.8. The third-order valence-electron chi connectivity index (χ3n) is 6.72. The Morgan fingerprint density at radius 3 is 1.56 bits per heavy atom. The van der Waals surface area contributed by atoms with Crippen LogP contribution in [0.2, 0.25) is 0 Å². The molecule has 0 saturated heterocycles. The van der Waals surface area contributed by atoms with Gasteiger partial charge in [-0.3, -0.25) is 0 Å². The van der Waals surface area contributed by atoms with Crippen molar-refractivity contribution >= 4 is 11.9 Å². The van der Waals surface area contributed by atoms with Gasteiger partial charge in [-0.2, -0.15) is 0 Å². The lowest BCUT2D eigenvalue weighted by Crippen LogP contribution is -2.14. The summed E-state index contributed by atoms with van der Waals surface area (Å²) in [6.07, 6.45) is 18.0. The highest BCUT2D eigenvalue weighted by Gasteiger charge is 2.19. The largest absolute Gasteiger partial charge is 0.462 e. The minimum Gasteiger partial charge on any atom is -0.462 e. The second-order valence-electron chi connectivity index (χ2n) is 9.78. The van der Waals surface area contributed by atoms with Crippen LogP contribution in [-0.2, 0) is 16.1 Å². The van der Waals surface area contributed by atoms with Gasteiger partial charge in [0.2, 0.25) is 0 Å². The quantitative estimate of drug-likeness (QED) is 0.144. The number of carbonyl (C=O) groups excluding carboxylic acids is 2. The van der Waals surface area contributed by atoms with E-state index in [0.29, 0.717) is 6.61 Å². The molecule has 0 fully saturated rings. The molecule has 4 heteroatoms. The summed E-state index contributed by atoms with van der Waals surface area (Å²) in [6, 6.07) is 14.5. The molecule has 2 aromatic rings. The van der Waals surface area contributed by atoms with Crippen molar-refractivity contribution in [3.05, 3.63) is 70.8 Å². The Kier molecular flexibility index (Phi) is 15.3. The van der Waals surface area contributed by atoms with Gasteiger partial charge in [0.25, 0.3) is 0 Å². The van der Waals surface area contributed by atoms with Crippen LogP contribution in [0.1, 0.15) is 129 Å². The van der Waals surface area contributed by atoms with Crippen LogP contribution in [0.25, 0.3) is 0 Å². The first-order valence-electron chi connectivity index (χ1n) is 14.1. The van der Waals surface area contributed by atoms with Gasteiger partial charge in [0, 0.05) is 0 Å². The Bertz CT molecular complexity index is 889. The second-order valence-corrected chi connectivity index (χ2v) is 9.78. The average Bonchev–Trinajstić information content (AvgIpc) is 2.90. The molecule has 0 aliphatic rings. The molecule has 2 rings (SSSR count). The molecular weight excluding hydrogens is 448 g/mol. The van der Waals surface area contributed by atoms with Gasteiger partial charge < -0.3 is 9.47 Å². The molecule has 0 atom stereocenters. The smallest absolute Gasteiger partial charge is 0.339 e. The summed E-state index contributed by atoms with van der Waals surface area (Å²) in [6.45, 7) is 4.80. The fourth-order valence-electron chi connectivity index (χ4n) is 4.37. The van der Waals surface area contributed by atoms with Crippen molar-refractivity contribution in [1.29, 1.82) is 0 Å². The van der Waals surface area contributed by atoms with E-state index in [4.69, 9.17) is 9.47 Å². The van der Waals surface area contributed by atoms with Crippen LogP contribution in [0.3, 0.4) is 0 Å². The number of esters is 2. The van der Waals surface area contributed by atoms with E-state index < -0.39 is 11.9 Å². The minimum absolute atomic E-state index is 0.175. The fraction of sp³-hybridized carbons (Fsp3) is 0.562. The lowest BCUT2D eigenvalue weighted by atomic mass is 10.0. The second kappa shape index (κ2) is 18.6. The molecule has 0 aliphatic carbocycles. The van der Waals surface area contributed by atoms with E-state index in [1.54, 1.807) is 24.3 Å². The highest BCUT2D eigenvalue weighted by Crippen LogP contribution is 2.16. The highest BCUT2D eigenvalue weighted by atomic mass is 16.5. The fourth-order valence-corrected chi connectivity index (χ4v) is 4.37. The number of hydrogen-bond donors (Lipinski definition) is 0. The first-order chi connectivity index (χ1) is 17.6. The van der Waals surface area contributed by atoms with Crippen molar-refractivity contribution in [1.82, 2.24) is 0 Å². The first kappa shape index (κ1) is 29.6. The third-order valence-corrected chi connectivity index (χ3v) is 6.72. The van der Waals surface area contributed by atoms with Gasteiger partial charge >= 0.3 is 11.9 Å². The van der Waals surface area contributed by atoms with E-state index in [1.807, 2.05) is 31.2 Å². The molecule has 0 amide bonds. The topological polar surface area (TPSA) is 52.6 Å². The zero-order valence-electron chi connectivity index (χ0n) is 22.6. The standard InChI is InChI=1S/C32H46O4/c1-3-4-5-6-7-8-9-10-11-12-13-14-15-20-25-35-31(33)29-23-18-19-24-30(29)32(34)36-26-28-22-17-16-21-27(28)2/h16-19,21-24H,3-15,20,25-26H2,1-2H3. The predicted octanol–water partition coefficient (Wildman–Crippen LogP) is 8.99. The highest BCUT2D eigenvalue weighted by molar-refractivity contribution is 6.03.